The minimum absolute atomic E-state index is 0.109. The summed E-state index contributed by atoms with van der Waals surface area (Å²) in [6.45, 7) is 0. The van der Waals surface area contributed by atoms with Crippen LogP contribution in [0.2, 0.25) is 0 Å². The topological polar surface area (TPSA) is 182 Å². The number of nitrogens with zero attached hydrogens (tertiary/aromatic N) is 1. The molecule has 0 saturated heterocycles. The van der Waals surface area contributed by atoms with E-state index in [-0.39, 0.29) is 22.6 Å². The number of benzene rings is 1. The number of hydrogen-bond acceptors (Lipinski definition) is 12. The lowest BCUT2D eigenvalue weighted by molar-refractivity contribution is -0.384. The summed E-state index contributed by atoms with van der Waals surface area (Å²) in [6.07, 6.45) is 0. The molecular weight excluding hydrogens is 426 g/mol. The van der Waals surface area contributed by atoms with Crippen LogP contribution < -0.4 is 11.5 Å². The summed E-state index contributed by atoms with van der Waals surface area (Å²) in [7, 11) is 2.30. The molecule has 0 fully saturated rings. The number of carbonyl (C=O) groups is 4. The molecule has 2 atom stereocenters. The Hall–Kier alpha value is -2.48. The standard InChI is InChI=1S/C16H19N3O8S2/c1-26-13(20)11(17)6-28-15(22)8-3-9(5-10(4-8)19(24)25)16(23)29-7-12(18)14(21)27-2/h3-5,11-12H,6-7,17-18H2,1-2H3/t11-,12-/m1/s1. The molecule has 0 radical (unpaired) electrons. The Balaban J connectivity index is 2.97. The van der Waals surface area contributed by atoms with E-state index in [1.165, 1.54) is 6.07 Å². The molecule has 0 amide bonds. The van der Waals surface area contributed by atoms with Crippen molar-refractivity contribution in [3.05, 3.63) is 39.4 Å². The zero-order valence-corrected chi connectivity index (χ0v) is 17.1. The Morgan fingerprint density at radius 1 is 0.931 bits per heavy atom. The van der Waals surface area contributed by atoms with Crippen LogP contribution in [-0.4, -0.2) is 64.9 Å². The van der Waals surface area contributed by atoms with Gasteiger partial charge < -0.3 is 20.9 Å². The quantitative estimate of drug-likeness (QED) is 0.302. The minimum atomic E-state index is -1.05. The highest BCUT2D eigenvalue weighted by Gasteiger charge is 2.22. The maximum absolute atomic E-state index is 12.3. The van der Waals surface area contributed by atoms with Gasteiger partial charge in [0, 0.05) is 34.8 Å². The van der Waals surface area contributed by atoms with Gasteiger partial charge in [-0.1, -0.05) is 23.5 Å². The van der Waals surface area contributed by atoms with Gasteiger partial charge >= 0.3 is 11.9 Å². The predicted molar refractivity (Wildman–Crippen MR) is 107 cm³/mol. The smallest absolute Gasteiger partial charge is 0.323 e. The fraction of sp³-hybridized carbons (Fsp3) is 0.375. The molecule has 0 saturated carbocycles. The highest BCUT2D eigenvalue weighted by Crippen LogP contribution is 2.24. The normalized spacial score (nSPS) is 12.6. The van der Waals surface area contributed by atoms with Gasteiger partial charge in [0.1, 0.15) is 12.1 Å². The highest BCUT2D eigenvalue weighted by atomic mass is 32.2. The number of thioether (sulfide) groups is 2. The molecule has 158 valence electrons. The molecule has 1 aromatic carbocycles. The highest BCUT2D eigenvalue weighted by molar-refractivity contribution is 8.14. The molecule has 0 spiro atoms. The number of nitro benzene ring substituents is 1. The van der Waals surface area contributed by atoms with Crippen LogP contribution in [0.25, 0.3) is 0 Å². The molecule has 0 heterocycles. The van der Waals surface area contributed by atoms with Crippen LogP contribution in [-0.2, 0) is 19.1 Å². The monoisotopic (exact) mass is 445 g/mol. The van der Waals surface area contributed by atoms with E-state index in [4.69, 9.17) is 11.5 Å². The third kappa shape index (κ3) is 7.45. The third-order valence-corrected chi connectivity index (χ3v) is 5.44. The number of rotatable bonds is 9. The second-order valence-corrected chi connectivity index (χ2v) is 7.47. The van der Waals surface area contributed by atoms with Crippen molar-refractivity contribution in [1.82, 2.24) is 0 Å². The van der Waals surface area contributed by atoms with E-state index in [1.807, 2.05) is 0 Å². The molecule has 11 nitrogen and oxygen atoms in total. The average Bonchev–Trinajstić information content (AvgIpc) is 2.73. The number of esters is 2. The first-order valence-electron chi connectivity index (χ1n) is 7.91. The van der Waals surface area contributed by atoms with Crippen LogP contribution in [0.4, 0.5) is 5.69 Å². The lowest BCUT2D eigenvalue weighted by atomic mass is 10.1. The molecule has 0 aliphatic rings. The van der Waals surface area contributed by atoms with E-state index in [1.54, 1.807) is 0 Å². The number of methoxy groups -OCH3 is 2. The van der Waals surface area contributed by atoms with Gasteiger partial charge in [-0.25, -0.2) is 0 Å². The Morgan fingerprint density at radius 3 is 1.62 bits per heavy atom. The van der Waals surface area contributed by atoms with Gasteiger partial charge in [0.25, 0.3) is 5.69 Å². The summed E-state index contributed by atoms with van der Waals surface area (Å²) < 4.78 is 8.91. The van der Waals surface area contributed by atoms with Crippen LogP contribution >= 0.6 is 23.5 Å². The second kappa shape index (κ2) is 11.5. The molecule has 0 aromatic heterocycles. The van der Waals surface area contributed by atoms with E-state index in [0.717, 1.165) is 26.4 Å². The molecular formula is C16H19N3O8S2. The Bertz CT molecular complexity index is 761. The van der Waals surface area contributed by atoms with Crippen LogP contribution in [0.15, 0.2) is 18.2 Å². The van der Waals surface area contributed by atoms with Crippen molar-refractivity contribution in [2.75, 3.05) is 25.7 Å². The summed E-state index contributed by atoms with van der Waals surface area (Å²) in [6, 6.07) is 1.11. The van der Waals surface area contributed by atoms with Crippen LogP contribution in [0.3, 0.4) is 0 Å². The van der Waals surface area contributed by atoms with E-state index in [9.17, 15) is 29.3 Å². The summed E-state index contributed by atoms with van der Waals surface area (Å²) >= 11 is 1.32. The van der Waals surface area contributed by atoms with E-state index in [2.05, 4.69) is 9.47 Å². The van der Waals surface area contributed by atoms with E-state index < -0.39 is 44.9 Å². The summed E-state index contributed by atoms with van der Waals surface area (Å²) in [5.41, 5.74) is 10.4. The number of ether oxygens (including phenoxy) is 2. The molecule has 4 N–H and O–H groups in total. The maximum atomic E-state index is 12.3. The Morgan fingerprint density at radius 2 is 1.31 bits per heavy atom. The maximum Gasteiger partial charge on any atom is 0.323 e. The molecule has 13 heteroatoms. The van der Waals surface area contributed by atoms with Crippen molar-refractivity contribution in [3.63, 3.8) is 0 Å². The van der Waals surface area contributed by atoms with Crippen molar-refractivity contribution in [1.29, 1.82) is 0 Å². The number of carbonyl (C=O) groups excluding carboxylic acids is 4. The third-order valence-electron chi connectivity index (χ3n) is 3.40. The zero-order chi connectivity index (χ0) is 22.1. The number of hydrogen-bond donors (Lipinski definition) is 2. The Kier molecular flexibility index (Phi) is 9.74. The van der Waals surface area contributed by atoms with E-state index in [0.29, 0.717) is 23.5 Å². The SMILES string of the molecule is COC(=O)[C@H](N)CSC(=O)c1cc(C(=O)SC[C@@H](N)C(=O)OC)cc([N+](=O)[O-])c1. The lowest BCUT2D eigenvalue weighted by Gasteiger charge is -2.09. The fourth-order valence-corrected chi connectivity index (χ4v) is 3.39. The molecule has 1 aromatic rings. The van der Waals surface area contributed by atoms with E-state index >= 15 is 0 Å². The molecule has 0 aliphatic heterocycles. The summed E-state index contributed by atoms with van der Waals surface area (Å²) in [4.78, 5) is 57.7. The number of nitrogens with two attached hydrogens (primary N) is 2. The van der Waals surface area contributed by atoms with Crippen molar-refractivity contribution in [2.24, 2.45) is 11.5 Å². The second-order valence-electron chi connectivity index (χ2n) is 5.48. The fourth-order valence-electron chi connectivity index (χ4n) is 1.89. The number of nitro groups is 1. The Labute approximate surface area is 174 Å². The largest absolute Gasteiger partial charge is 0.468 e. The first kappa shape index (κ1) is 24.6. The van der Waals surface area contributed by atoms with Gasteiger partial charge in [0.15, 0.2) is 0 Å². The molecule has 0 aliphatic carbocycles. The molecule has 0 unspecified atom stereocenters. The summed E-state index contributed by atoms with van der Waals surface area (Å²) in [5, 5.41) is 9.92. The molecule has 29 heavy (non-hydrogen) atoms. The average molecular weight is 445 g/mol. The predicted octanol–water partition coefficient (Wildman–Crippen LogP) is 0.342. The van der Waals surface area contributed by atoms with Gasteiger partial charge in [0.05, 0.1) is 19.1 Å². The molecule has 1 rings (SSSR count). The lowest BCUT2D eigenvalue weighted by Crippen LogP contribution is -2.34. The van der Waals surface area contributed by atoms with Crippen LogP contribution in [0.1, 0.15) is 20.7 Å². The van der Waals surface area contributed by atoms with Crippen molar-refractivity contribution in [2.45, 2.75) is 12.1 Å². The van der Waals surface area contributed by atoms with Crippen LogP contribution in [0, 0.1) is 10.1 Å². The van der Waals surface area contributed by atoms with Crippen molar-refractivity contribution >= 4 is 51.4 Å². The van der Waals surface area contributed by atoms with Gasteiger partial charge in [-0.2, -0.15) is 0 Å². The number of non-ortho nitro benzene ring substituents is 1. The minimum Gasteiger partial charge on any atom is -0.468 e. The van der Waals surface area contributed by atoms with Crippen molar-refractivity contribution in [3.8, 4) is 0 Å². The van der Waals surface area contributed by atoms with Gasteiger partial charge in [-0.05, 0) is 6.07 Å². The zero-order valence-electron chi connectivity index (χ0n) is 15.5. The first-order chi connectivity index (χ1) is 13.6. The summed E-state index contributed by atoms with van der Waals surface area (Å²) in [5.74, 6) is -1.64. The molecule has 0 bridgehead atoms. The van der Waals surface area contributed by atoms with Crippen LogP contribution in [0.5, 0.6) is 0 Å². The van der Waals surface area contributed by atoms with Gasteiger partial charge in [0.2, 0.25) is 10.2 Å². The first-order valence-corrected chi connectivity index (χ1v) is 9.88. The van der Waals surface area contributed by atoms with Gasteiger partial charge in [-0.15, -0.1) is 0 Å². The van der Waals surface area contributed by atoms with Gasteiger partial charge in [-0.3, -0.25) is 29.3 Å². The van der Waals surface area contributed by atoms with Crippen molar-refractivity contribution < 1.29 is 33.6 Å².